The van der Waals surface area contributed by atoms with Gasteiger partial charge in [-0.2, -0.15) is 0 Å². The van der Waals surface area contributed by atoms with Gasteiger partial charge in [0, 0.05) is 43.9 Å². The van der Waals surface area contributed by atoms with Crippen molar-refractivity contribution < 1.29 is 14.5 Å². The van der Waals surface area contributed by atoms with Crippen LogP contribution < -0.4 is 0 Å². The number of nitrogens with zero attached hydrogens (tertiary/aromatic N) is 3. The van der Waals surface area contributed by atoms with Crippen LogP contribution in [0.4, 0.5) is 5.69 Å². The molecule has 2 amide bonds. The number of carbonyl (C=O) groups is 2. The van der Waals surface area contributed by atoms with Gasteiger partial charge in [-0.25, -0.2) is 0 Å². The summed E-state index contributed by atoms with van der Waals surface area (Å²) in [7, 11) is 0. The molecular formula is C18H23N3O4. The molecule has 7 heteroatoms. The lowest BCUT2D eigenvalue weighted by Gasteiger charge is -2.36. The Kier molecular flexibility index (Phi) is 5.31. The molecule has 0 bridgehead atoms. The van der Waals surface area contributed by atoms with Crippen LogP contribution in [-0.2, 0) is 4.79 Å². The Morgan fingerprint density at radius 3 is 2.48 bits per heavy atom. The molecule has 2 aliphatic heterocycles. The second-order valence-corrected chi connectivity index (χ2v) is 6.78. The van der Waals surface area contributed by atoms with E-state index in [4.69, 9.17) is 0 Å². The van der Waals surface area contributed by atoms with Gasteiger partial charge in [-0.15, -0.1) is 0 Å². The zero-order valence-electron chi connectivity index (χ0n) is 14.2. The Morgan fingerprint density at radius 1 is 1.04 bits per heavy atom. The molecule has 2 fully saturated rings. The molecule has 2 aliphatic rings. The summed E-state index contributed by atoms with van der Waals surface area (Å²) in [5, 5.41) is 10.9. The summed E-state index contributed by atoms with van der Waals surface area (Å²) in [5.41, 5.74) is 0.212. The highest BCUT2D eigenvalue weighted by atomic mass is 16.6. The van der Waals surface area contributed by atoms with Gasteiger partial charge in [0.15, 0.2) is 0 Å². The van der Waals surface area contributed by atoms with Gasteiger partial charge >= 0.3 is 0 Å². The number of benzene rings is 1. The van der Waals surface area contributed by atoms with Crippen LogP contribution in [-0.4, -0.2) is 52.7 Å². The first kappa shape index (κ1) is 17.4. The van der Waals surface area contributed by atoms with Crippen LogP contribution in [0.25, 0.3) is 0 Å². The van der Waals surface area contributed by atoms with Crippen molar-refractivity contribution in [3.05, 3.63) is 39.9 Å². The lowest BCUT2D eigenvalue weighted by Crippen LogP contribution is -2.47. The maximum absolute atomic E-state index is 12.7. The molecule has 2 saturated heterocycles. The fourth-order valence-corrected chi connectivity index (χ4v) is 3.67. The minimum Gasteiger partial charge on any atom is -0.342 e. The minimum atomic E-state index is -0.504. The summed E-state index contributed by atoms with van der Waals surface area (Å²) < 4.78 is 0. The number of rotatable bonds is 3. The SMILES string of the molecule is O=C(c1cccc([N+](=O)[O-])c1)N1CCC[C@H](C(=O)N2CCCCC2)C1. The fourth-order valence-electron chi connectivity index (χ4n) is 3.67. The number of amides is 2. The van der Waals surface area contributed by atoms with Crippen LogP contribution in [0, 0.1) is 16.0 Å². The van der Waals surface area contributed by atoms with E-state index in [1.807, 2.05) is 4.90 Å². The highest BCUT2D eigenvalue weighted by molar-refractivity contribution is 5.95. The fraction of sp³-hybridized carbons (Fsp3) is 0.556. The van der Waals surface area contributed by atoms with E-state index in [0.717, 1.165) is 38.8 Å². The standard InChI is InChI=1S/C18H23N3O4/c22-17(14-6-4-8-16(12-14)21(24)25)20-11-5-7-15(13-20)18(23)19-9-2-1-3-10-19/h4,6,8,12,15H,1-3,5,7,9-11,13H2/t15-/m0/s1. The lowest BCUT2D eigenvalue weighted by atomic mass is 9.95. The number of nitro benzene ring substituents is 1. The Morgan fingerprint density at radius 2 is 1.76 bits per heavy atom. The number of likely N-dealkylation sites (tertiary alicyclic amines) is 2. The second kappa shape index (κ2) is 7.63. The first-order chi connectivity index (χ1) is 12.1. The average molecular weight is 345 g/mol. The first-order valence-corrected chi connectivity index (χ1v) is 8.89. The summed E-state index contributed by atoms with van der Waals surface area (Å²) in [5.74, 6) is -0.245. The molecule has 3 rings (SSSR count). The highest BCUT2D eigenvalue weighted by Gasteiger charge is 2.32. The Balaban J connectivity index is 1.68. The maximum atomic E-state index is 12.7. The predicted molar refractivity (Wildman–Crippen MR) is 92.2 cm³/mol. The molecule has 134 valence electrons. The number of hydrogen-bond acceptors (Lipinski definition) is 4. The van der Waals surface area contributed by atoms with Gasteiger partial charge < -0.3 is 9.80 Å². The van der Waals surface area contributed by atoms with Gasteiger partial charge in [0.1, 0.15) is 0 Å². The lowest BCUT2D eigenvalue weighted by molar-refractivity contribution is -0.384. The van der Waals surface area contributed by atoms with Gasteiger partial charge in [0.2, 0.25) is 5.91 Å². The van der Waals surface area contributed by atoms with Crippen molar-refractivity contribution in [3.8, 4) is 0 Å². The molecule has 0 aromatic heterocycles. The van der Waals surface area contributed by atoms with Gasteiger partial charge in [-0.3, -0.25) is 19.7 Å². The minimum absolute atomic E-state index is 0.0937. The largest absolute Gasteiger partial charge is 0.342 e. The molecule has 25 heavy (non-hydrogen) atoms. The zero-order chi connectivity index (χ0) is 17.8. The second-order valence-electron chi connectivity index (χ2n) is 6.78. The van der Waals surface area contributed by atoms with Crippen molar-refractivity contribution in [1.29, 1.82) is 0 Å². The zero-order valence-corrected chi connectivity index (χ0v) is 14.2. The molecule has 0 N–H and O–H groups in total. The third kappa shape index (κ3) is 3.97. The number of hydrogen-bond donors (Lipinski definition) is 0. The number of carbonyl (C=O) groups excluding carboxylic acids is 2. The molecule has 0 aliphatic carbocycles. The van der Waals surface area contributed by atoms with Crippen LogP contribution in [0.5, 0.6) is 0 Å². The van der Waals surface area contributed by atoms with Crippen LogP contribution in [0.15, 0.2) is 24.3 Å². The molecule has 0 spiro atoms. The molecule has 0 radical (unpaired) electrons. The van der Waals surface area contributed by atoms with E-state index in [9.17, 15) is 19.7 Å². The molecule has 1 atom stereocenters. The van der Waals surface area contributed by atoms with E-state index in [0.29, 0.717) is 18.7 Å². The average Bonchev–Trinajstić information content (AvgIpc) is 2.67. The highest BCUT2D eigenvalue weighted by Crippen LogP contribution is 2.23. The van der Waals surface area contributed by atoms with Gasteiger partial charge in [0.05, 0.1) is 10.8 Å². The molecule has 1 aromatic rings. The van der Waals surface area contributed by atoms with E-state index < -0.39 is 4.92 Å². The summed E-state index contributed by atoms with van der Waals surface area (Å²) in [6.45, 7) is 2.62. The quantitative estimate of drug-likeness (QED) is 0.622. The van der Waals surface area contributed by atoms with Crippen LogP contribution in [0.3, 0.4) is 0 Å². The van der Waals surface area contributed by atoms with E-state index in [1.54, 1.807) is 11.0 Å². The Hall–Kier alpha value is -2.44. The normalized spacial score (nSPS) is 21.0. The van der Waals surface area contributed by atoms with Gasteiger partial charge in [-0.1, -0.05) is 6.07 Å². The molecule has 1 aromatic carbocycles. The van der Waals surface area contributed by atoms with Crippen molar-refractivity contribution in [2.24, 2.45) is 5.92 Å². The third-order valence-corrected chi connectivity index (χ3v) is 5.03. The molecular weight excluding hydrogens is 322 g/mol. The monoisotopic (exact) mass is 345 g/mol. The molecule has 2 heterocycles. The van der Waals surface area contributed by atoms with Crippen molar-refractivity contribution in [3.63, 3.8) is 0 Å². The van der Waals surface area contributed by atoms with Crippen molar-refractivity contribution in [2.75, 3.05) is 26.2 Å². The topological polar surface area (TPSA) is 83.8 Å². The van der Waals surface area contributed by atoms with E-state index in [1.165, 1.54) is 24.6 Å². The maximum Gasteiger partial charge on any atom is 0.270 e. The summed E-state index contributed by atoms with van der Waals surface area (Å²) in [4.78, 5) is 39.4. The number of non-ortho nitro benzene ring substituents is 1. The Labute approximate surface area is 146 Å². The first-order valence-electron chi connectivity index (χ1n) is 8.89. The van der Waals surface area contributed by atoms with Gasteiger partial charge in [0.25, 0.3) is 11.6 Å². The van der Waals surface area contributed by atoms with Crippen LogP contribution in [0.2, 0.25) is 0 Å². The van der Waals surface area contributed by atoms with Crippen LogP contribution in [0.1, 0.15) is 42.5 Å². The van der Waals surface area contributed by atoms with Crippen LogP contribution >= 0.6 is 0 Å². The van der Waals surface area contributed by atoms with Gasteiger partial charge in [-0.05, 0) is 38.2 Å². The smallest absolute Gasteiger partial charge is 0.270 e. The third-order valence-electron chi connectivity index (χ3n) is 5.03. The van der Waals surface area contributed by atoms with E-state index in [-0.39, 0.29) is 23.4 Å². The summed E-state index contributed by atoms with van der Waals surface area (Å²) in [6.07, 6.45) is 4.86. The van der Waals surface area contributed by atoms with Crippen molar-refractivity contribution in [1.82, 2.24) is 9.80 Å². The number of nitro groups is 1. The van der Waals surface area contributed by atoms with E-state index in [2.05, 4.69) is 0 Å². The Bertz CT molecular complexity index is 670. The summed E-state index contributed by atoms with van der Waals surface area (Å²) >= 11 is 0. The molecule has 7 nitrogen and oxygen atoms in total. The predicted octanol–water partition coefficient (Wildman–Crippen LogP) is 2.46. The van der Waals surface area contributed by atoms with Crippen molar-refractivity contribution in [2.45, 2.75) is 32.1 Å². The number of piperidine rings is 2. The molecule has 0 unspecified atom stereocenters. The van der Waals surface area contributed by atoms with E-state index >= 15 is 0 Å². The van der Waals surface area contributed by atoms with Crippen molar-refractivity contribution >= 4 is 17.5 Å². The molecule has 0 saturated carbocycles. The summed E-state index contributed by atoms with van der Waals surface area (Å²) in [6, 6.07) is 5.78.